The molecule has 0 saturated carbocycles. The highest BCUT2D eigenvalue weighted by molar-refractivity contribution is 7.89. The highest BCUT2D eigenvalue weighted by Crippen LogP contribution is 2.23. The monoisotopic (exact) mass is 312 g/mol. The van der Waals surface area contributed by atoms with E-state index in [0.29, 0.717) is 23.9 Å². The lowest BCUT2D eigenvalue weighted by molar-refractivity contribution is 0.387. The molecule has 0 bridgehead atoms. The minimum atomic E-state index is -3.70. The van der Waals surface area contributed by atoms with Crippen molar-refractivity contribution in [3.05, 3.63) is 29.9 Å². The summed E-state index contributed by atoms with van der Waals surface area (Å²) in [5.74, 6) is 1.37. The summed E-state index contributed by atoms with van der Waals surface area (Å²) in [5, 5.41) is 3.69. The molecule has 9 heteroatoms. The average molecular weight is 312 g/mol. The summed E-state index contributed by atoms with van der Waals surface area (Å²) in [6.45, 7) is 1.81. The van der Waals surface area contributed by atoms with E-state index in [-0.39, 0.29) is 17.1 Å². The summed E-state index contributed by atoms with van der Waals surface area (Å²) < 4.78 is 36.5. The van der Waals surface area contributed by atoms with Crippen molar-refractivity contribution in [2.45, 2.75) is 18.2 Å². The van der Waals surface area contributed by atoms with E-state index in [1.54, 1.807) is 6.92 Å². The molecule has 0 atom stereocenters. The van der Waals surface area contributed by atoms with Crippen LogP contribution in [0.3, 0.4) is 0 Å². The zero-order valence-electron chi connectivity index (χ0n) is 11.7. The topological polar surface area (TPSA) is 120 Å². The highest BCUT2D eigenvalue weighted by Gasteiger charge is 2.17. The summed E-state index contributed by atoms with van der Waals surface area (Å²) in [6, 6.07) is 4.39. The Bertz CT molecular complexity index is 727. The van der Waals surface area contributed by atoms with Gasteiger partial charge in [0.2, 0.25) is 15.9 Å². The number of ether oxygens (including phenoxy) is 1. The van der Waals surface area contributed by atoms with E-state index in [9.17, 15) is 8.42 Å². The number of hydrogen-bond donors (Lipinski definition) is 2. The molecule has 2 aromatic rings. The van der Waals surface area contributed by atoms with Gasteiger partial charge in [-0.1, -0.05) is 5.16 Å². The van der Waals surface area contributed by atoms with Gasteiger partial charge >= 0.3 is 0 Å². The number of nitrogens with two attached hydrogens (primary N) is 1. The van der Waals surface area contributed by atoms with Crippen LogP contribution in [0, 0.1) is 6.92 Å². The Morgan fingerprint density at radius 1 is 1.43 bits per heavy atom. The Morgan fingerprint density at radius 3 is 2.76 bits per heavy atom. The molecule has 0 spiro atoms. The third-order valence-corrected chi connectivity index (χ3v) is 4.25. The van der Waals surface area contributed by atoms with Gasteiger partial charge in [0.1, 0.15) is 10.6 Å². The van der Waals surface area contributed by atoms with Gasteiger partial charge in [0, 0.05) is 26.0 Å². The quantitative estimate of drug-likeness (QED) is 0.745. The van der Waals surface area contributed by atoms with Crippen LogP contribution in [0.15, 0.2) is 27.6 Å². The van der Waals surface area contributed by atoms with Gasteiger partial charge in [-0.25, -0.2) is 13.1 Å². The predicted octanol–water partition coefficient (Wildman–Crippen LogP) is 0.490. The molecule has 0 aliphatic carbocycles. The molecule has 1 aromatic heterocycles. The van der Waals surface area contributed by atoms with Crippen LogP contribution in [0.25, 0.3) is 0 Å². The van der Waals surface area contributed by atoms with Crippen LogP contribution in [0.2, 0.25) is 0 Å². The lowest BCUT2D eigenvalue weighted by atomic mass is 10.3. The van der Waals surface area contributed by atoms with Crippen LogP contribution in [0.4, 0.5) is 5.69 Å². The molecule has 0 fully saturated rings. The Balaban J connectivity index is 2.04. The van der Waals surface area contributed by atoms with Crippen molar-refractivity contribution in [2.24, 2.45) is 0 Å². The maximum Gasteiger partial charge on any atom is 0.242 e. The summed E-state index contributed by atoms with van der Waals surface area (Å²) in [6.07, 6.45) is 0.326. The van der Waals surface area contributed by atoms with Crippen LogP contribution in [-0.4, -0.2) is 32.2 Å². The van der Waals surface area contributed by atoms with Gasteiger partial charge < -0.3 is 15.0 Å². The predicted molar refractivity (Wildman–Crippen MR) is 75.3 cm³/mol. The third-order valence-electron chi connectivity index (χ3n) is 2.72. The van der Waals surface area contributed by atoms with Crippen LogP contribution in [-0.2, 0) is 16.4 Å². The first-order valence-corrected chi connectivity index (χ1v) is 7.63. The second-order valence-electron chi connectivity index (χ2n) is 4.28. The number of aromatic nitrogens is 2. The zero-order chi connectivity index (χ0) is 15.5. The second-order valence-corrected chi connectivity index (χ2v) is 6.02. The molecule has 8 nitrogen and oxygen atoms in total. The van der Waals surface area contributed by atoms with Crippen LogP contribution in [0.5, 0.6) is 5.75 Å². The normalized spacial score (nSPS) is 11.5. The maximum atomic E-state index is 12.2. The zero-order valence-corrected chi connectivity index (χ0v) is 12.5. The molecule has 3 N–H and O–H groups in total. The molecular formula is C12H16N4O4S. The minimum Gasteiger partial charge on any atom is -0.497 e. The minimum absolute atomic E-state index is 0.00703. The van der Waals surface area contributed by atoms with Crippen molar-refractivity contribution in [3.63, 3.8) is 0 Å². The molecule has 2 rings (SSSR count). The average Bonchev–Trinajstić information content (AvgIpc) is 2.83. The fourth-order valence-corrected chi connectivity index (χ4v) is 2.86. The molecule has 0 saturated heterocycles. The number of aryl methyl sites for hydroxylation is 1. The van der Waals surface area contributed by atoms with E-state index in [1.165, 1.54) is 25.3 Å². The summed E-state index contributed by atoms with van der Waals surface area (Å²) >= 11 is 0. The van der Waals surface area contributed by atoms with Gasteiger partial charge in [-0.15, -0.1) is 0 Å². The maximum absolute atomic E-state index is 12.2. The summed E-state index contributed by atoms with van der Waals surface area (Å²) in [7, 11) is -2.22. The first-order valence-electron chi connectivity index (χ1n) is 6.15. The van der Waals surface area contributed by atoms with Gasteiger partial charge in [0.25, 0.3) is 0 Å². The van der Waals surface area contributed by atoms with Crippen molar-refractivity contribution < 1.29 is 17.7 Å². The molecule has 1 heterocycles. The smallest absolute Gasteiger partial charge is 0.242 e. The van der Waals surface area contributed by atoms with Crippen molar-refractivity contribution >= 4 is 15.7 Å². The standard InChI is InChI=1S/C12H16N4O4S/c1-8-15-12(16-20-8)5-6-14-21(17,18)11-4-3-9(19-2)7-10(11)13/h3-4,7,14H,5-6,13H2,1-2H3. The lowest BCUT2D eigenvalue weighted by Crippen LogP contribution is -2.27. The van der Waals surface area contributed by atoms with Gasteiger partial charge in [-0.2, -0.15) is 4.98 Å². The molecule has 0 amide bonds. The van der Waals surface area contributed by atoms with E-state index < -0.39 is 10.0 Å². The van der Waals surface area contributed by atoms with Crippen LogP contribution in [0.1, 0.15) is 11.7 Å². The Morgan fingerprint density at radius 2 is 2.19 bits per heavy atom. The van der Waals surface area contributed by atoms with Crippen LogP contribution >= 0.6 is 0 Å². The molecule has 0 aliphatic heterocycles. The van der Waals surface area contributed by atoms with Gasteiger partial charge in [0.05, 0.1) is 12.8 Å². The number of sulfonamides is 1. The van der Waals surface area contributed by atoms with Crippen molar-refractivity contribution in [1.29, 1.82) is 0 Å². The summed E-state index contributed by atoms with van der Waals surface area (Å²) in [4.78, 5) is 4.00. The first kappa shape index (κ1) is 15.3. The van der Waals surface area contributed by atoms with E-state index in [4.69, 9.17) is 15.0 Å². The summed E-state index contributed by atoms with van der Waals surface area (Å²) in [5.41, 5.74) is 5.85. The number of benzene rings is 1. The Labute approximate surface area is 122 Å². The van der Waals surface area contributed by atoms with E-state index in [0.717, 1.165) is 0 Å². The fourth-order valence-electron chi connectivity index (χ4n) is 1.72. The van der Waals surface area contributed by atoms with Crippen LogP contribution < -0.4 is 15.2 Å². The SMILES string of the molecule is COc1ccc(S(=O)(=O)NCCc2noc(C)n2)c(N)c1. The number of nitrogens with zero attached hydrogens (tertiary/aromatic N) is 2. The molecule has 114 valence electrons. The fraction of sp³-hybridized carbons (Fsp3) is 0.333. The van der Waals surface area contributed by atoms with Crippen molar-refractivity contribution in [3.8, 4) is 5.75 Å². The third kappa shape index (κ3) is 3.70. The number of nitrogens with one attached hydrogen (secondary N) is 1. The number of anilines is 1. The lowest BCUT2D eigenvalue weighted by Gasteiger charge is -2.09. The Hall–Kier alpha value is -2.13. The molecular weight excluding hydrogens is 296 g/mol. The molecule has 0 aliphatic rings. The van der Waals surface area contributed by atoms with E-state index in [2.05, 4.69) is 14.9 Å². The van der Waals surface area contributed by atoms with Crippen molar-refractivity contribution in [2.75, 3.05) is 19.4 Å². The largest absolute Gasteiger partial charge is 0.497 e. The molecule has 1 aromatic carbocycles. The number of nitrogen functional groups attached to an aromatic ring is 1. The van der Waals surface area contributed by atoms with Gasteiger partial charge in [-0.05, 0) is 12.1 Å². The molecule has 21 heavy (non-hydrogen) atoms. The second kappa shape index (κ2) is 6.10. The first-order chi connectivity index (χ1) is 9.92. The van der Waals surface area contributed by atoms with Crippen molar-refractivity contribution in [1.82, 2.24) is 14.9 Å². The van der Waals surface area contributed by atoms with Gasteiger partial charge in [0.15, 0.2) is 5.82 Å². The molecule has 0 unspecified atom stereocenters. The Kier molecular flexibility index (Phi) is 4.43. The van der Waals surface area contributed by atoms with Gasteiger partial charge in [-0.3, -0.25) is 0 Å². The number of hydrogen-bond acceptors (Lipinski definition) is 7. The number of rotatable bonds is 6. The van der Waals surface area contributed by atoms with E-state index in [1.807, 2.05) is 0 Å². The highest BCUT2D eigenvalue weighted by atomic mass is 32.2. The number of methoxy groups -OCH3 is 1. The van der Waals surface area contributed by atoms with E-state index >= 15 is 0 Å². The molecule has 0 radical (unpaired) electrons.